The first-order valence-corrected chi connectivity index (χ1v) is 13.2. The molecule has 0 saturated carbocycles. The summed E-state index contributed by atoms with van der Waals surface area (Å²) in [5.41, 5.74) is 2.28. The van der Waals surface area contributed by atoms with Gasteiger partial charge in [0.15, 0.2) is 17.1 Å². The predicted octanol–water partition coefficient (Wildman–Crippen LogP) is 5.82. The van der Waals surface area contributed by atoms with Crippen LogP contribution in [0.25, 0.3) is 0 Å². The van der Waals surface area contributed by atoms with E-state index in [1.165, 1.54) is 31.4 Å². The van der Waals surface area contributed by atoms with Crippen LogP contribution in [0.1, 0.15) is 71.0 Å². The molecular weight excluding hydrogens is 490 g/mol. The second-order valence-electron chi connectivity index (χ2n) is 9.22. The molecule has 0 bridgehead atoms. The van der Waals surface area contributed by atoms with E-state index in [9.17, 15) is 9.59 Å². The van der Waals surface area contributed by atoms with Crippen molar-refractivity contribution >= 4 is 35.0 Å². The third-order valence-corrected chi connectivity index (χ3v) is 6.50. The summed E-state index contributed by atoms with van der Waals surface area (Å²) < 4.78 is 13.4. The Morgan fingerprint density at radius 3 is 2.30 bits per heavy atom. The predicted molar refractivity (Wildman–Crippen MR) is 147 cm³/mol. The van der Waals surface area contributed by atoms with Crippen LogP contribution >= 0.6 is 11.8 Å². The number of methoxy groups -OCH3 is 1. The second-order valence-corrected chi connectivity index (χ2v) is 10.2. The summed E-state index contributed by atoms with van der Waals surface area (Å²) in [7, 11) is 1.52. The van der Waals surface area contributed by atoms with Gasteiger partial charge >= 0.3 is 0 Å². The number of nitrogens with one attached hydrogen (secondary N) is 2. The van der Waals surface area contributed by atoms with E-state index >= 15 is 0 Å². The van der Waals surface area contributed by atoms with Gasteiger partial charge in [-0.25, -0.2) is 0 Å². The molecule has 0 aliphatic heterocycles. The molecule has 0 aliphatic rings. The number of nitrogens with zero attached hydrogens (tertiary/aromatic N) is 3. The zero-order chi connectivity index (χ0) is 27.1. The van der Waals surface area contributed by atoms with Crippen LogP contribution in [0.5, 0.6) is 11.5 Å². The van der Waals surface area contributed by atoms with E-state index in [4.69, 9.17) is 9.47 Å². The highest BCUT2D eigenvalue weighted by atomic mass is 32.2. The number of carbonyl (C=O) groups is 2. The largest absolute Gasteiger partial charge is 0.495 e. The minimum absolute atomic E-state index is 0.0757. The molecule has 2 N–H and O–H groups in total. The Balaban J connectivity index is 1.67. The van der Waals surface area contributed by atoms with Crippen molar-refractivity contribution in [1.29, 1.82) is 0 Å². The molecule has 0 saturated heterocycles. The summed E-state index contributed by atoms with van der Waals surface area (Å²) in [5.74, 6) is 2.12. The van der Waals surface area contributed by atoms with Crippen LogP contribution in [-0.2, 0) is 9.59 Å². The highest BCUT2D eigenvalue weighted by Gasteiger charge is 2.22. The Labute approximate surface area is 222 Å². The number of hydrogen-bond acceptors (Lipinski definition) is 7. The zero-order valence-corrected chi connectivity index (χ0v) is 23.2. The van der Waals surface area contributed by atoms with Crippen molar-refractivity contribution < 1.29 is 19.1 Å². The maximum Gasteiger partial charge on any atom is 0.234 e. The maximum absolute atomic E-state index is 12.7. The number of anilines is 2. The molecule has 198 valence electrons. The number of aromatic nitrogens is 3. The highest BCUT2D eigenvalue weighted by Crippen LogP contribution is 2.30. The van der Waals surface area contributed by atoms with E-state index < -0.39 is 0 Å². The van der Waals surface area contributed by atoms with Crippen molar-refractivity contribution in [3.05, 3.63) is 53.9 Å². The van der Waals surface area contributed by atoms with E-state index in [2.05, 4.69) is 46.8 Å². The van der Waals surface area contributed by atoms with Gasteiger partial charge in [0, 0.05) is 18.7 Å². The Bertz CT molecular complexity index is 1220. The molecule has 2 aromatic carbocycles. The normalized spacial score (nSPS) is 11.9. The van der Waals surface area contributed by atoms with Crippen LogP contribution in [0.2, 0.25) is 0 Å². The molecule has 1 unspecified atom stereocenters. The third kappa shape index (κ3) is 7.48. The van der Waals surface area contributed by atoms with Crippen LogP contribution < -0.4 is 20.1 Å². The Morgan fingerprint density at radius 1 is 1.00 bits per heavy atom. The average Bonchev–Trinajstić information content (AvgIpc) is 3.27. The van der Waals surface area contributed by atoms with Crippen molar-refractivity contribution in [2.45, 2.75) is 64.8 Å². The zero-order valence-electron chi connectivity index (χ0n) is 22.4. The lowest BCUT2D eigenvalue weighted by atomic mass is 10.0. The first-order chi connectivity index (χ1) is 17.6. The Hall–Kier alpha value is -3.53. The van der Waals surface area contributed by atoms with E-state index in [-0.39, 0.29) is 29.7 Å². The summed E-state index contributed by atoms with van der Waals surface area (Å²) in [6.45, 7) is 11.8. The monoisotopic (exact) mass is 525 g/mol. The smallest absolute Gasteiger partial charge is 0.234 e. The SMILES string of the molecule is COc1ccc(NC(=O)CSc2nnc(C(C)Oc3ccc(C(C)C)cc3)n2C(C)C)cc1NC(C)=O. The molecule has 0 aliphatic carbocycles. The molecule has 0 radical (unpaired) electrons. The number of amides is 2. The standard InChI is InChI=1S/C27H35N5O4S/c1-16(2)20-8-11-22(12-9-20)36-18(5)26-30-31-27(32(26)17(3)4)37-15-25(34)29-21-10-13-24(35-7)23(14-21)28-19(6)33/h8-14,16-18H,15H2,1-7H3,(H,28,33)(H,29,34). The van der Waals surface area contributed by atoms with Crippen molar-refractivity contribution in [2.24, 2.45) is 0 Å². The summed E-state index contributed by atoms with van der Waals surface area (Å²) in [6, 6.07) is 13.2. The van der Waals surface area contributed by atoms with Crippen molar-refractivity contribution in [1.82, 2.24) is 14.8 Å². The molecule has 0 fully saturated rings. The summed E-state index contributed by atoms with van der Waals surface area (Å²) in [6.07, 6.45) is -0.325. The van der Waals surface area contributed by atoms with Gasteiger partial charge in [0.2, 0.25) is 11.8 Å². The van der Waals surface area contributed by atoms with Gasteiger partial charge in [-0.05, 0) is 62.6 Å². The first-order valence-electron chi connectivity index (χ1n) is 12.2. The van der Waals surface area contributed by atoms with Crippen LogP contribution in [0.4, 0.5) is 11.4 Å². The fraction of sp³-hybridized carbons (Fsp3) is 0.407. The van der Waals surface area contributed by atoms with Crippen LogP contribution in [-0.4, -0.2) is 39.4 Å². The topological polar surface area (TPSA) is 107 Å². The lowest BCUT2D eigenvalue weighted by Gasteiger charge is -2.19. The minimum Gasteiger partial charge on any atom is -0.495 e. The van der Waals surface area contributed by atoms with Gasteiger partial charge in [0.1, 0.15) is 11.5 Å². The molecule has 1 aromatic heterocycles. The van der Waals surface area contributed by atoms with Gasteiger partial charge in [-0.1, -0.05) is 37.7 Å². The quantitative estimate of drug-likeness (QED) is 0.304. The van der Waals surface area contributed by atoms with Gasteiger partial charge in [-0.2, -0.15) is 0 Å². The number of carbonyl (C=O) groups excluding carboxylic acids is 2. The molecule has 9 nitrogen and oxygen atoms in total. The number of benzene rings is 2. The van der Waals surface area contributed by atoms with Gasteiger partial charge in [0.05, 0.1) is 18.6 Å². The van der Waals surface area contributed by atoms with Crippen LogP contribution in [0.3, 0.4) is 0 Å². The van der Waals surface area contributed by atoms with Gasteiger partial charge in [0.25, 0.3) is 0 Å². The second kappa shape index (κ2) is 12.6. The number of rotatable bonds is 11. The lowest BCUT2D eigenvalue weighted by molar-refractivity contribution is -0.114. The number of ether oxygens (including phenoxy) is 2. The molecule has 1 atom stereocenters. The van der Waals surface area contributed by atoms with Crippen molar-refractivity contribution in [2.75, 3.05) is 23.5 Å². The minimum atomic E-state index is -0.325. The fourth-order valence-corrected chi connectivity index (χ4v) is 4.61. The summed E-state index contributed by atoms with van der Waals surface area (Å²) >= 11 is 1.30. The molecule has 0 spiro atoms. The van der Waals surface area contributed by atoms with Crippen molar-refractivity contribution in [3.63, 3.8) is 0 Å². The van der Waals surface area contributed by atoms with Crippen LogP contribution in [0.15, 0.2) is 47.6 Å². The first kappa shape index (κ1) is 28.0. The van der Waals surface area contributed by atoms with E-state index in [1.54, 1.807) is 18.2 Å². The Kier molecular flexibility index (Phi) is 9.57. The molecule has 2 amide bonds. The van der Waals surface area contributed by atoms with Gasteiger partial charge in [-0.3, -0.25) is 9.59 Å². The molecule has 3 rings (SSSR count). The Morgan fingerprint density at radius 2 is 1.70 bits per heavy atom. The third-order valence-electron chi connectivity index (χ3n) is 5.56. The van der Waals surface area contributed by atoms with E-state index in [1.807, 2.05) is 37.5 Å². The number of thioether (sulfide) groups is 1. The summed E-state index contributed by atoms with van der Waals surface area (Å²) in [5, 5.41) is 14.9. The number of hydrogen-bond donors (Lipinski definition) is 2. The molecule has 1 heterocycles. The fourth-order valence-electron chi connectivity index (χ4n) is 3.74. The highest BCUT2D eigenvalue weighted by molar-refractivity contribution is 7.99. The molecule has 37 heavy (non-hydrogen) atoms. The van der Waals surface area contributed by atoms with Crippen molar-refractivity contribution in [3.8, 4) is 11.5 Å². The molecular formula is C27H35N5O4S. The van der Waals surface area contributed by atoms with Gasteiger partial charge in [-0.15, -0.1) is 10.2 Å². The molecule has 10 heteroatoms. The van der Waals surface area contributed by atoms with Gasteiger partial charge < -0.3 is 24.7 Å². The van der Waals surface area contributed by atoms with Crippen LogP contribution in [0, 0.1) is 0 Å². The van der Waals surface area contributed by atoms with E-state index in [0.29, 0.717) is 34.0 Å². The summed E-state index contributed by atoms with van der Waals surface area (Å²) in [4.78, 5) is 24.1. The molecule has 3 aromatic rings. The maximum atomic E-state index is 12.7. The average molecular weight is 526 g/mol. The van der Waals surface area contributed by atoms with E-state index in [0.717, 1.165) is 5.75 Å². The lowest BCUT2D eigenvalue weighted by Crippen LogP contribution is -2.17.